The van der Waals surface area contributed by atoms with E-state index in [2.05, 4.69) is 10.3 Å². The smallest absolute Gasteiger partial charge is 0.184 e. The number of benzene rings is 2. The molecule has 102 valence electrons. The standard InChI is InChI=1S/C14H9ClF2N2S/c15-9-2-4-12-13(6-9)20-14(19-12)18-7-8-1-3-10(16)11(17)5-8/h1-6H,7H2,(H,18,19). The summed E-state index contributed by atoms with van der Waals surface area (Å²) in [5.74, 6) is -1.69. The molecular formula is C14H9ClF2N2S. The Labute approximate surface area is 123 Å². The highest BCUT2D eigenvalue weighted by molar-refractivity contribution is 7.22. The van der Waals surface area contributed by atoms with E-state index in [1.54, 1.807) is 6.07 Å². The number of anilines is 1. The fraction of sp³-hybridized carbons (Fsp3) is 0.0714. The molecule has 0 amide bonds. The molecule has 0 fully saturated rings. The number of thiazole rings is 1. The Hall–Kier alpha value is -1.72. The minimum Gasteiger partial charge on any atom is -0.357 e. The van der Waals surface area contributed by atoms with Crippen LogP contribution in [0.2, 0.25) is 5.02 Å². The predicted octanol–water partition coefficient (Wildman–Crippen LogP) is 4.84. The quantitative estimate of drug-likeness (QED) is 0.748. The van der Waals surface area contributed by atoms with Crippen LogP contribution in [0, 0.1) is 11.6 Å². The van der Waals surface area contributed by atoms with Crippen molar-refractivity contribution >= 4 is 38.3 Å². The van der Waals surface area contributed by atoms with E-state index in [4.69, 9.17) is 11.6 Å². The number of halogens is 3. The summed E-state index contributed by atoms with van der Waals surface area (Å²) >= 11 is 7.38. The van der Waals surface area contributed by atoms with Crippen molar-refractivity contribution in [2.24, 2.45) is 0 Å². The molecule has 2 aromatic carbocycles. The van der Waals surface area contributed by atoms with Crippen molar-refractivity contribution in [3.05, 3.63) is 58.6 Å². The Kier molecular flexibility index (Phi) is 3.54. The number of aromatic nitrogens is 1. The average molecular weight is 311 g/mol. The Bertz CT molecular complexity index is 773. The highest BCUT2D eigenvalue weighted by Gasteiger charge is 2.06. The van der Waals surface area contributed by atoms with E-state index in [-0.39, 0.29) is 0 Å². The lowest BCUT2D eigenvalue weighted by molar-refractivity contribution is 0.507. The third-order valence-electron chi connectivity index (χ3n) is 2.78. The van der Waals surface area contributed by atoms with Gasteiger partial charge in [-0.1, -0.05) is 29.0 Å². The van der Waals surface area contributed by atoms with E-state index in [0.29, 0.717) is 22.3 Å². The lowest BCUT2D eigenvalue weighted by atomic mass is 10.2. The van der Waals surface area contributed by atoms with Gasteiger partial charge in [0.25, 0.3) is 0 Å². The molecule has 0 saturated carbocycles. The van der Waals surface area contributed by atoms with E-state index in [9.17, 15) is 8.78 Å². The highest BCUT2D eigenvalue weighted by Crippen LogP contribution is 2.28. The van der Waals surface area contributed by atoms with Crippen molar-refractivity contribution < 1.29 is 8.78 Å². The number of hydrogen-bond donors (Lipinski definition) is 1. The molecule has 3 rings (SSSR count). The Morgan fingerprint density at radius 1 is 1.10 bits per heavy atom. The van der Waals surface area contributed by atoms with Gasteiger partial charge in [-0.25, -0.2) is 13.8 Å². The lowest BCUT2D eigenvalue weighted by Gasteiger charge is -2.03. The van der Waals surface area contributed by atoms with Crippen molar-refractivity contribution in [2.75, 3.05) is 5.32 Å². The van der Waals surface area contributed by atoms with Gasteiger partial charge in [-0.05, 0) is 35.9 Å². The van der Waals surface area contributed by atoms with Crippen molar-refractivity contribution in [1.82, 2.24) is 4.98 Å². The zero-order valence-electron chi connectivity index (χ0n) is 10.2. The molecule has 1 aromatic heterocycles. The number of nitrogens with zero attached hydrogens (tertiary/aromatic N) is 1. The molecule has 2 nitrogen and oxygen atoms in total. The van der Waals surface area contributed by atoms with Crippen LogP contribution in [0.1, 0.15) is 5.56 Å². The molecule has 3 aromatic rings. The first-order valence-electron chi connectivity index (χ1n) is 5.86. The Balaban J connectivity index is 1.77. The highest BCUT2D eigenvalue weighted by atomic mass is 35.5. The van der Waals surface area contributed by atoms with Crippen LogP contribution in [-0.2, 0) is 6.54 Å². The summed E-state index contributed by atoms with van der Waals surface area (Å²) in [7, 11) is 0. The zero-order chi connectivity index (χ0) is 14.1. The third kappa shape index (κ3) is 2.73. The van der Waals surface area contributed by atoms with Gasteiger partial charge in [-0.2, -0.15) is 0 Å². The molecule has 0 aliphatic rings. The normalized spacial score (nSPS) is 10.9. The van der Waals surface area contributed by atoms with Crippen LogP contribution in [0.3, 0.4) is 0 Å². The van der Waals surface area contributed by atoms with Gasteiger partial charge < -0.3 is 5.32 Å². The molecule has 0 saturated heterocycles. The molecule has 20 heavy (non-hydrogen) atoms. The van der Waals surface area contributed by atoms with E-state index in [1.165, 1.54) is 23.5 Å². The van der Waals surface area contributed by atoms with Crippen molar-refractivity contribution in [3.8, 4) is 0 Å². The molecule has 0 atom stereocenters. The SMILES string of the molecule is Fc1ccc(CNc2nc3ccc(Cl)cc3s2)cc1F. The molecule has 0 radical (unpaired) electrons. The summed E-state index contributed by atoms with van der Waals surface area (Å²) in [5.41, 5.74) is 1.51. The molecule has 1 N–H and O–H groups in total. The Morgan fingerprint density at radius 3 is 2.75 bits per heavy atom. The van der Waals surface area contributed by atoms with Gasteiger partial charge in [0.2, 0.25) is 0 Å². The summed E-state index contributed by atoms with van der Waals surface area (Å²) in [6.45, 7) is 0.380. The van der Waals surface area contributed by atoms with Crippen LogP contribution in [0.15, 0.2) is 36.4 Å². The zero-order valence-corrected chi connectivity index (χ0v) is 11.7. The summed E-state index contributed by atoms with van der Waals surface area (Å²) in [4.78, 5) is 4.39. The van der Waals surface area contributed by atoms with Gasteiger partial charge in [0.15, 0.2) is 16.8 Å². The van der Waals surface area contributed by atoms with E-state index >= 15 is 0 Å². The first kappa shape index (κ1) is 13.3. The van der Waals surface area contributed by atoms with E-state index in [0.717, 1.165) is 16.3 Å². The lowest BCUT2D eigenvalue weighted by Crippen LogP contribution is -1.99. The van der Waals surface area contributed by atoms with Crippen molar-refractivity contribution in [1.29, 1.82) is 0 Å². The summed E-state index contributed by atoms with van der Waals surface area (Å²) < 4.78 is 26.9. The second kappa shape index (κ2) is 5.34. The van der Waals surface area contributed by atoms with Crippen LogP contribution in [0.4, 0.5) is 13.9 Å². The topological polar surface area (TPSA) is 24.9 Å². The number of nitrogens with one attached hydrogen (secondary N) is 1. The maximum Gasteiger partial charge on any atom is 0.184 e. The third-order valence-corrected chi connectivity index (χ3v) is 3.99. The molecule has 1 heterocycles. The molecule has 0 unspecified atom stereocenters. The van der Waals surface area contributed by atoms with E-state index in [1.807, 2.05) is 12.1 Å². The van der Waals surface area contributed by atoms with Crippen molar-refractivity contribution in [2.45, 2.75) is 6.54 Å². The van der Waals surface area contributed by atoms with E-state index < -0.39 is 11.6 Å². The average Bonchev–Trinajstić information content (AvgIpc) is 2.82. The Morgan fingerprint density at radius 2 is 1.95 bits per heavy atom. The minimum atomic E-state index is -0.847. The van der Waals surface area contributed by atoms with Gasteiger partial charge in [-0.3, -0.25) is 0 Å². The molecule has 0 aliphatic heterocycles. The molecule has 0 bridgehead atoms. The second-order valence-electron chi connectivity index (χ2n) is 4.23. The van der Waals surface area contributed by atoms with Crippen molar-refractivity contribution in [3.63, 3.8) is 0 Å². The predicted molar refractivity (Wildman–Crippen MR) is 78.3 cm³/mol. The van der Waals surface area contributed by atoms with Crippen LogP contribution in [-0.4, -0.2) is 4.98 Å². The van der Waals surface area contributed by atoms with Gasteiger partial charge in [0, 0.05) is 11.6 Å². The second-order valence-corrected chi connectivity index (χ2v) is 5.70. The first-order chi connectivity index (χ1) is 9.61. The van der Waals surface area contributed by atoms with Gasteiger partial charge >= 0.3 is 0 Å². The molecule has 0 spiro atoms. The molecule has 0 aliphatic carbocycles. The van der Waals surface area contributed by atoms with Gasteiger partial charge in [0.05, 0.1) is 10.2 Å². The molecule has 6 heteroatoms. The monoisotopic (exact) mass is 310 g/mol. The van der Waals surface area contributed by atoms with Gasteiger partial charge in [0.1, 0.15) is 0 Å². The summed E-state index contributed by atoms with van der Waals surface area (Å²) in [6.07, 6.45) is 0. The van der Waals surface area contributed by atoms with Crippen LogP contribution >= 0.6 is 22.9 Å². The first-order valence-corrected chi connectivity index (χ1v) is 7.05. The van der Waals surface area contributed by atoms with Gasteiger partial charge in [-0.15, -0.1) is 0 Å². The van der Waals surface area contributed by atoms with Crippen LogP contribution in [0.5, 0.6) is 0 Å². The fourth-order valence-corrected chi connectivity index (χ4v) is 2.94. The number of fused-ring (bicyclic) bond motifs is 1. The van der Waals surface area contributed by atoms with Crippen LogP contribution < -0.4 is 5.32 Å². The summed E-state index contributed by atoms with van der Waals surface area (Å²) in [5, 5.41) is 4.47. The minimum absolute atomic E-state index is 0.380. The number of hydrogen-bond acceptors (Lipinski definition) is 3. The fourth-order valence-electron chi connectivity index (χ4n) is 1.80. The van der Waals surface area contributed by atoms with Crippen LogP contribution in [0.25, 0.3) is 10.2 Å². The largest absolute Gasteiger partial charge is 0.357 e. The number of rotatable bonds is 3. The summed E-state index contributed by atoms with van der Waals surface area (Å²) in [6, 6.07) is 9.30. The maximum atomic E-state index is 13.1. The maximum absolute atomic E-state index is 13.1. The molecular weight excluding hydrogens is 302 g/mol.